The maximum Gasteiger partial charge on any atom is 0.429 e. The molecule has 1 aliphatic rings. The predicted molar refractivity (Wildman–Crippen MR) is 78.1 cm³/mol. The van der Waals surface area contributed by atoms with Gasteiger partial charge in [-0.05, 0) is 24.3 Å². The molecule has 1 heterocycles. The molecule has 0 bridgehead atoms. The number of carbonyl (C=O) groups is 1. The van der Waals surface area contributed by atoms with Crippen LogP contribution in [0.3, 0.4) is 0 Å². The van der Waals surface area contributed by atoms with E-state index in [0.29, 0.717) is 24.0 Å². The van der Waals surface area contributed by atoms with Gasteiger partial charge in [0.1, 0.15) is 5.84 Å². The van der Waals surface area contributed by atoms with Gasteiger partial charge >= 0.3 is 6.09 Å². The van der Waals surface area contributed by atoms with Crippen LogP contribution in [0.5, 0.6) is 0 Å². The second-order valence-corrected chi connectivity index (χ2v) is 4.02. The van der Waals surface area contributed by atoms with E-state index in [0.717, 1.165) is 5.01 Å². The molecule has 0 saturated heterocycles. The van der Waals surface area contributed by atoms with Crippen LogP contribution in [0.25, 0.3) is 0 Å². The van der Waals surface area contributed by atoms with Gasteiger partial charge in [0.05, 0.1) is 12.3 Å². The Labute approximate surface area is 122 Å². The molecule has 8 nitrogen and oxygen atoms in total. The monoisotopic (exact) mass is 291 g/mol. The highest BCUT2D eigenvalue weighted by Crippen LogP contribution is 2.16. The molecule has 0 fully saturated rings. The van der Waals surface area contributed by atoms with Crippen LogP contribution in [0.2, 0.25) is 0 Å². The number of rotatable bonds is 4. The number of anilines is 1. The third kappa shape index (κ3) is 3.42. The first kappa shape index (κ1) is 14.7. The smallest absolute Gasteiger partial charge is 0.429 e. The van der Waals surface area contributed by atoms with Gasteiger partial charge in [-0.1, -0.05) is 18.2 Å². The van der Waals surface area contributed by atoms with Crippen LogP contribution in [-0.2, 0) is 4.74 Å². The van der Waals surface area contributed by atoms with Gasteiger partial charge in [0.2, 0.25) is 5.88 Å². The molecular formula is C13H17N5O3. The molecule has 0 aromatic heterocycles. The first-order chi connectivity index (χ1) is 10.2. The second kappa shape index (κ2) is 6.62. The average Bonchev–Trinajstić information content (AvgIpc) is 2.48. The second-order valence-electron chi connectivity index (χ2n) is 4.02. The van der Waals surface area contributed by atoms with Crippen molar-refractivity contribution in [2.75, 3.05) is 18.7 Å². The predicted octanol–water partition coefficient (Wildman–Crippen LogP) is 1.32. The molecule has 8 heteroatoms. The van der Waals surface area contributed by atoms with Gasteiger partial charge in [0.15, 0.2) is 0 Å². The Hall–Kier alpha value is -2.74. The average molecular weight is 291 g/mol. The van der Waals surface area contributed by atoms with Gasteiger partial charge in [0.25, 0.3) is 0 Å². The van der Waals surface area contributed by atoms with Crippen LogP contribution < -0.4 is 15.9 Å². The summed E-state index contributed by atoms with van der Waals surface area (Å²) in [5.74, 6) is 0.874. The summed E-state index contributed by atoms with van der Waals surface area (Å²) in [6.07, 6.45) is 0.486. The Balaban J connectivity index is 2.29. The quantitative estimate of drug-likeness (QED) is 0.775. The van der Waals surface area contributed by atoms with E-state index in [2.05, 4.69) is 15.8 Å². The molecule has 0 saturated carbocycles. The number of hydrazine groups is 3. The van der Waals surface area contributed by atoms with Crippen LogP contribution in [-0.4, -0.2) is 35.9 Å². The molecular weight excluding hydrogens is 274 g/mol. The number of carboxylic acid groups (broad SMARTS) is 1. The zero-order valence-electron chi connectivity index (χ0n) is 11.8. The van der Waals surface area contributed by atoms with E-state index in [-0.39, 0.29) is 0 Å². The van der Waals surface area contributed by atoms with Crippen LogP contribution >= 0.6 is 0 Å². The summed E-state index contributed by atoms with van der Waals surface area (Å²) in [6.45, 7) is 2.28. The fourth-order valence-corrected chi connectivity index (χ4v) is 1.75. The van der Waals surface area contributed by atoms with Crippen molar-refractivity contribution in [3.05, 3.63) is 42.3 Å². The first-order valence-corrected chi connectivity index (χ1v) is 6.38. The van der Waals surface area contributed by atoms with Crippen molar-refractivity contribution in [1.29, 1.82) is 0 Å². The lowest BCUT2D eigenvalue weighted by atomic mass is 10.3. The zero-order chi connectivity index (χ0) is 15.2. The molecule has 2 rings (SSSR count). The minimum Gasteiger partial charge on any atom is -0.478 e. The fraction of sp³-hybridized carbons (Fsp3) is 0.231. The van der Waals surface area contributed by atoms with E-state index in [1.807, 2.05) is 13.0 Å². The highest BCUT2D eigenvalue weighted by atomic mass is 16.5. The van der Waals surface area contributed by atoms with Gasteiger partial charge in [0, 0.05) is 13.1 Å². The fourth-order valence-electron chi connectivity index (χ4n) is 1.75. The van der Waals surface area contributed by atoms with Gasteiger partial charge < -0.3 is 9.84 Å². The summed E-state index contributed by atoms with van der Waals surface area (Å²) >= 11 is 0. The van der Waals surface area contributed by atoms with Gasteiger partial charge in [-0.25, -0.2) is 4.79 Å². The van der Waals surface area contributed by atoms with Gasteiger partial charge in [-0.2, -0.15) is 5.01 Å². The summed E-state index contributed by atoms with van der Waals surface area (Å²) < 4.78 is 5.38. The van der Waals surface area contributed by atoms with Crippen molar-refractivity contribution >= 4 is 17.6 Å². The van der Waals surface area contributed by atoms with Crippen molar-refractivity contribution in [2.45, 2.75) is 6.92 Å². The number of aliphatic imine (C=N–C) groups is 1. The minimum atomic E-state index is -1.16. The van der Waals surface area contributed by atoms with E-state index < -0.39 is 6.09 Å². The van der Waals surface area contributed by atoms with Crippen LogP contribution in [0, 0.1) is 0 Å². The van der Waals surface area contributed by atoms with Crippen LogP contribution in [0.1, 0.15) is 6.92 Å². The molecule has 0 unspecified atom stereocenters. The van der Waals surface area contributed by atoms with Crippen molar-refractivity contribution in [1.82, 2.24) is 16.1 Å². The number of hydrogen-bond acceptors (Lipinski definition) is 5. The molecule has 1 amide bonds. The molecule has 0 spiro atoms. The number of benzene rings is 1. The molecule has 0 radical (unpaired) electrons. The SMILES string of the molecule is CCOC1=CC(=NC)NN(N(C(=O)O)c2ccccc2)N1. The van der Waals surface area contributed by atoms with Crippen LogP contribution in [0.4, 0.5) is 10.5 Å². The normalized spacial score (nSPS) is 16.7. The highest BCUT2D eigenvalue weighted by molar-refractivity contribution is 5.94. The lowest BCUT2D eigenvalue weighted by molar-refractivity contribution is 0.0773. The first-order valence-electron chi connectivity index (χ1n) is 6.38. The largest absolute Gasteiger partial charge is 0.478 e. The number of ether oxygens (including phenoxy) is 1. The summed E-state index contributed by atoms with van der Waals surface area (Å²) in [7, 11) is 1.60. The Morgan fingerprint density at radius 3 is 2.67 bits per heavy atom. The number of nitrogens with one attached hydrogen (secondary N) is 2. The maximum absolute atomic E-state index is 11.6. The molecule has 0 atom stereocenters. The number of amidine groups is 1. The number of amides is 1. The van der Waals surface area contributed by atoms with Crippen molar-refractivity contribution in [3.8, 4) is 0 Å². The third-order valence-electron chi connectivity index (χ3n) is 2.63. The molecule has 112 valence electrons. The van der Waals surface area contributed by atoms with E-state index in [1.54, 1.807) is 37.4 Å². The standard InChI is InChI=1S/C13H17N5O3/c1-3-21-12-9-11(14-2)15-18(16-12)17(13(19)20)10-7-5-4-6-8-10/h4-9,16H,3H2,1-2H3,(H,14,15)(H,19,20). The Morgan fingerprint density at radius 1 is 1.38 bits per heavy atom. The lowest BCUT2D eigenvalue weighted by Gasteiger charge is -2.36. The van der Waals surface area contributed by atoms with E-state index in [1.165, 1.54) is 5.23 Å². The summed E-state index contributed by atoms with van der Waals surface area (Å²) in [4.78, 5) is 15.6. The van der Waals surface area contributed by atoms with E-state index in [4.69, 9.17) is 4.74 Å². The van der Waals surface area contributed by atoms with Gasteiger partial charge in [-0.15, -0.1) is 0 Å². The van der Waals surface area contributed by atoms with E-state index in [9.17, 15) is 9.90 Å². The summed E-state index contributed by atoms with van der Waals surface area (Å²) in [5.41, 5.74) is 6.13. The molecule has 1 aromatic rings. The Morgan fingerprint density at radius 2 is 2.10 bits per heavy atom. The zero-order valence-corrected chi connectivity index (χ0v) is 11.8. The third-order valence-corrected chi connectivity index (χ3v) is 2.63. The highest BCUT2D eigenvalue weighted by Gasteiger charge is 2.27. The molecule has 1 aliphatic heterocycles. The number of nitrogens with zero attached hydrogens (tertiary/aromatic N) is 3. The molecule has 21 heavy (non-hydrogen) atoms. The molecule has 1 aromatic carbocycles. The molecule has 0 aliphatic carbocycles. The van der Waals surface area contributed by atoms with Gasteiger partial charge in [-0.3, -0.25) is 15.8 Å². The molecule has 3 N–H and O–H groups in total. The van der Waals surface area contributed by atoms with Crippen LogP contribution in [0.15, 0.2) is 47.3 Å². The van der Waals surface area contributed by atoms with Crippen molar-refractivity contribution in [3.63, 3.8) is 0 Å². The number of para-hydroxylation sites is 1. The maximum atomic E-state index is 11.6. The summed E-state index contributed by atoms with van der Waals surface area (Å²) in [6, 6.07) is 8.68. The van der Waals surface area contributed by atoms with E-state index >= 15 is 0 Å². The van der Waals surface area contributed by atoms with Crippen molar-refractivity contribution in [2.24, 2.45) is 4.99 Å². The Kier molecular flexibility index (Phi) is 4.62. The lowest BCUT2D eigenvalue weighted by Crippen LogP contribution is -2.63. The topological polar surface area (TPSA) is 89.4 Å². The minimum absolute atomic E-state index is 0.402. The Bertz CT molecular complexity index is 558. The number of hydrogen-bond donors (Lipinski definition) is 3. The summed E-state index contributed by atoms with van der Waals surface area (Å²) in [5, 5.41) is 11.7. The van der Waals surface area contributed by atoms with Crippen molar-refractivity contribution < 1.29 is 14.6 Å².